The van der Waals surface area contributed by atoms with Crippen LogP contribution in [-0.4, -0.2) is 55.2 Å². The SMILES string of the molecule is C[C@H](NS(C)(=O)=O)c1nnc(N2CC[C@H](C(C)(C)C)C2)n1C[C@@H]1CCCCO1. The molecule has 0 bridgehead atoms. The van der Waals surface area contributed by atoms with Gasteiger partial charge in [-0.15, -0.1) is 10.2 Å². The molecule has 2 aliphatic heterocycles. The van der Waals surface area contributed by atoms with Gasteiger partial charge in [0, 0.05) is 19.7 Å². The monoisotopic (exact) mass is 413 g/mol. The van der Waals surface area contributed by atoms with Crippen LogP contribution in [0.25, 0.3) is 0 Å². The van der Waals surface area contributed by atoms with E-state index in [1.165, 1.54) is 6.26 Å². The van der Waals surface area contributed by atoms with Crippen LogP contribution >= 0.6 is 0 Å². The number of hydrogen-bond acceptors (Lipinski definition) is 6. The van der Waals surface area contributed by atoms with E-state index in [1.54, 1.807) is 0 Å². The smallest absolute Gasteiger partial charge is 0.227 e. The maximum atomic E-state index is 11.7. The van der Waals surface area contributed by atoms with Gasteiger partial charge in [0.2, 0.25) is 16.0 Å². The van der Waals surface area contributed by atoms with Crippen LogP contribution in [0, 0.1) is 11.3 Å². The number of sulfonamides is 1. The molecule has 0 saturated carbocycles. The second-order valence-corrected chi connectivity index (χ2v) is 11.1. The lowest BCUT2D eigenvalue weighted by molar-refractivity contribution is 0.00556. The fourth-order valence-electron chi connectivity index (χ4n) is 4.21. The Morgan fingerprint density at radius 1 is 1.25 bits per heavy atom. The van der Waals surface area contributed by atoms with Crippen molar-refractivity contribution < 1.29 is 13.2 Å². The van der Waals surface area contributed by atoms with Crippen LogP contribution in [0.1, 0.15) is 65.2 Å². The molecule has 9 heteroatoms. The zero-order valence-electron chi connectivity index (χ0n) is 17.8. The highest BCUT2D eigenvalue weighted by atomic mass is 32.2. The normalized spacial score (nSPS) is 25.2. The fourth-order valence-corrected chi connectivity index (χ4v) is 4.96. The Balaban J connectivity index is 1.86. The van der Waals surface area contributed by atoms with Crippen molar-refractivity contribution in [2.24, 2.45) is 11.3 Å². The van der Waals surface area contributed by atoms with Crippen molar-refractivity contribution >= 4 is 16.0 Å². The first-order valence-electron chi connectivity index (χ1n) is 10.3. The van der Waals surface area contributed by atoms with E-state index < -0.39 is 16.1 Å². The van der Waals surface area contributed by atoms with Crippen molar-refractivity contribution in [1.82, 2.24) is 19.5 Å². The molecule has 0 aromatic carbocycles. The molecule has 3 heterocycles. The highest BCUT2D eigenvalue weighted by Crippen LogP contribution is 2.35. The summed E-state index contributed by atoms with van der Waals surface area (Å²) in [6, 6.07) is -0.444. The highest BCUT2D eigenvalue weighted by Gasteiger charge is 2.35. The van der Waals surface area contributed by atoms with Gasteiger partial charge in [0.15, 0.2) is 5.82 Å². The molecule has 8 nitrogen and oxygen atoms in total. The molecule has 2 saturated heterocycles. The van der Waals surface area contributed by atoms with Gasteiger partial charge in [0.1, 0.15) is 0 Å². The van der Waals surface area contributed by atoms with Crippen LogP contribution < -0.4 is 9.62 Å². The zero-order valence-corrected chi connectivity index (χ0v) is 18.6. The standard InChI is InChI=1S/C19H35N5O3S/c1-14(22-28(5,25)26)17-20-21-18(23-10-9-15(12-23)19(2,3)4)24(17)13-16-8-6-7-11-27-16/h14-16,22H,6-13H2,1-5H3/t14-,15-,16-/m0/s1. The molecule has 160 valence electrons. The molecular weight excluding hydrogens is 378 g/mol. The van der Waals surface area contributed by atoms with Gasteiger partial charge >= 0.3 is 0 Å². The zero-order chi connectivity index (χ0) is 20.5. The summed E-state index contributed by atoms with van der Waals surface area (Å²) < 4.78 is 34.1. The van der Waals surface area contributed by atoms with Gasteiger partial charge < -0.3 is 9.64 Å². The van der Waals surface area contributed by atoms with Crippen LogP contribution in [0.5, 0.6) is 0 Å². The molecule has 2 fully saturated rings. The van der Waals surface area contributed by atoms with Gasteiger partial charge in [-0.2, -0.15) is 0 Å². The van der Waals surface area contributed by atoms with Crippen LogP contribution in [0.2, 0.25) is 0 Å². The molecule has 1 N–H and O–H groups in total. The average molecular weight is 414 g/mol. The van der Waals surface area contributed by atoms with Crippen molar-refractivity contribution in [2.45, 2.75) is 72.1 Å². The summed E-state index contributed by atoms with van der Waals surface area (Å²) in [5.74, 6) is 2.07. The Bertz CT molecular complexity index is 765. The average Bonchev–Trinajstić information content (AvgIpc) is 3.20. The van der Waals surface area contributed by atoms with Crippen LogP contribution in [0.15, 0.2) is 0 Å². The largest absolute Gasteiger partial charge is 0.376 e. The lowest BCUT2D eigenvalue weighted by atomic mass is 9.80. The maximum absolute atomic E-state index is 11.7. The summed E-state index contributed by atoms with van der Waals surface area (Å²) in [5.41, 5.74) is 0.250. The van der Waals surface area contributed by atoms with Gasteiger partial charge in [0.25, 0.3) is 0 Å². The topological polar surface area (TPSA) is 89.4 Å². The Labute approximate surface area is 169 Å². The van der Waals surface area contributed by atoms with Crippen molar-refractivity contribution in [2.75, 3.05) is 30.9 Å². The molecule has 0 spiro atoms. The van der Waals surface area contributed by atoms with Crippen molar-refractivity contribution in [1.29, 1.82) is 0 Å². The molecule has 0 unspecified atom stereocenters. The molecule has 2 aliphatic rings. The third-order valence-electron chi connectivity index (χ3n) is 5.89. The third kappa shape index (κ3) is 5.24. The van der Waals surface area contributed by atoms with E-state index in [1.807, 2.05) is 6.92 Å². The van der Waals surface area contributed by atoms with Gasteiger partial charge in [-0.3, -0.25) is 4.57 Å². The van der Waals surface area contributed by atoms with Crippen molar-refractivity contribution in [3.63, 3.8) is 0 Å². The Morgan fingerprint density at radius 2 is 2.00 bits per heavy atom. The lowest BCUT2D eigenvalue weighted by Crippen LogP contribution is -2.33. The molecule has 3 rings (SSSR count). The number of nitrogens with zero attached hydrogens (tertiary/aromatic N) is 4. The molecule has 28 heavy (non-hydrogen) atoms. The van der Waals surface area contributed by atoms with E-state index in [9.17, 15) is 8.42 Å². The number of rotatable bonds is 6. The summed E-state index contributed by atoms with van der Waals surface area (Å²) >= 11 is 0. The molecule has 0 amide bonds. The summed E-state index contributed by atoms with van der Waals surface area (Å²) in [5, 5.41) is 8.87. The summed E-state index contributed by atoms with van der Waals surface area (Å²) in [6.45, 7) is 12.0. The minimum atomic E-state index is -3.34. The van der Waals surface area contributed by atoms with Gasteiger partial charge in [-0.05, 0) is 43.9 Å². The molecule has 0 aliphatic carbocycles. The van der Waals surface area contributed by atoms with E-state index in [4.69, 9.17) is 4.74 Å². The van der Waals surface area contributed by atoms with E-state index >= 15 is 0 Å². The Morgan fingerprint density at radius 3 is 2.57 bits per heavy atom. The Hall–Kier alpha value is -1.19. The number of hydrogen-bond donors (Lipinski definition) is 1. The van der Waals surface area contributed by atoms with Crippen LogP contribution in [-0.2, 0) is 21.3 Å². The van der Waals surface area contributed by atoms with Gasteiger partial charge in [0.05, 0.1) is 24.9 Å². The summed E-state index contributed by atoms with van der Waals surface area (Å²) in [6.07, 6.45) is 5.68. The first kappa shape index (κ1) is 21.5. The minimum Gasteiger partial charge on any atom is -0.376 e. The van der Waals surface area contributed by atoms with E-state index in [0.29, 0.717) is 18.3 Å². The first-order chi connectivity index (χ1) is 13.0. The third-order valence-corrected chi connectivity index (χ3v) is 6.68. The summed E-state index contributed by atoms with van der Waals surface area (Å²) in [4.78, 5) is 2.29. The van der Waals surface area contributed by atoms with Gasteiger partial charge in [-0.1, -0.05) is 20.8 Å². The number of ether oxygens (including phenoxy) is 1. The predicted molar refractivity (Wildman–Crippen MR) is 110 cm³/mol. The fraction of sp³-hybridized carbons (Fsp3) is 0.895. The number of nitrogens with one attached hydrogen (secondary N) is 1. The molecular formula is C19H35N5O3S. The van der Waals surface area contributed by atoms with Crippen LogP contribution in [0.3, 0.4) is 0 Å². The predicted octanol–water partition coefficient (Wildman–Crippen LogP) is 2.33. The lowest BCUT2D eigenvalue weighted by Gasteiger charge is -2.28. The number of aromatic nitrogens is 3. The van der Waals surface area contributed by atoms with E-state index in [-0.39, 0.29) is 11.5 Å². The number of anilines is 1. The van der Waals surface area contributed by atoms with Gasteiger partial charge in [-0.25, -0.2) is 13.1 Å². The van der Waals surface area contributed by atoms with Crippen molar-refractivity contribution in [3.05, 3.63) is 5.82 Å². The second kappa shape index (κ2) is 8.28. The molecule has 0 radical (unpaired) electrons. The van der Waals surface area contributed by atoms with E-state index in [0.717, 1.165) is 51.3 Å². The Kier molecular flexibility index (Phi) is 6.36. The van der Waals surface area contributed by atoms with E-state index in [2.05, 4.69) is 45.2 Å². The molecule has 1 aromatic heterocycles. The van der Waals surface area contributed by atoms with Crippen molar-refractivity contribution in [3.8, 4) is 0 Å². The highest BCUT2D eigenvalue weighted by molar-refractivity contribution is 7.88. The molecule has 3 atom stereocenters. The summed E-state index contributed by atoms with van der Waals surface area (Å²) in [7, 11) is -3.34. The first-order valence-corrected chi connectivity index (χ1v) is 12.2. The maximum Gasteiger partial charge on any atom is 0.227 e. The second-order valence-electron chi connectivity index (χ2n) is 9.37. The molecule has 1 aromatic rings. The minimum absolute atomic E-state index is 0.119. The van der Waals surface area contributed by atoms with Crippen LogP contribution in [0.4, 0.5) is 5.95 Å². The quantitative estimate of drug-likeness (QED) is 0.770.